The van der Waals surface area contributed by atoms with E-state index in [-0.39, 0.29) is 6.10 Å². The average molecular weight is 245 g/mol. The number of rotatable bonds is 2. The second kappa shape index (κ2) is 4.61. The van der Waals surface area contributed by atoms with E-state index in [2.05, 4.69) is 36.1 Å². The molecular formula is C14H19N3O. The Balaban J connectivity index is 1.81. The predicted octanol–water partition coefficient (Wildman–Crippen LogP) is 1.87. The summed E-state index contributed by atoms with van der Waals surface area (Å²) in [6.07, 6.45) is 4.32. The van der Waals surface area contributed by atoms with Gasteiger partial charge in [0.25, 0.3) is 0 Å². The highest BCUT2D eigenvalue weighted by molar-refractivity contribution is 5.81. The molecule has 0 spiro atoms. The molecule has 0 amide bonds. The van der Waals surface area contributed by atoms with Crippen LogP contribution in [0.15, 0.2) is 24.4 Å². The first kappa shape index (κ1) is 11.5. The molecule has 0 atom stereocenters. The van der Waals surface area contributed by atoms with E-state index in [9.17, 15) is 0 Å². The van der Waals surface area contributed by atoms with Crippen molar-refractivity contribution in [1.29, 1.82) is 0 Å². The zero-order chi connectivity index (χ0) is 12.5. The quantitative estimate of drug-likeness (QED) is 0.809. The molecule has 1 aliphatic rings. The van der Waals surface area contributed by atoms with E-state index in [1.54, 1.807) is 4.85 Å². The van der Waals surface area contributed by atoms with Crippen LogP contribution >= 0.6 is 0 Å². The van der Waals surface area contributed by atoms with E-state index in [1.165, 1.54) is 10.9 Å². The summed E-state index contributed by atoms with van der Waals surface area (Å²) >= 11 is 0. The predicted molar refractivity (Wildman–Crippen MR) is 71.6 cm³/mol. The van der Waals surface area contributed by atoms with Crippen LogP contribution in [0.4, 0.5) is 0 Å². The molecule has 2 heterocycles. The summed E-state index contributed by atoms with van der Waals surface area (Å²) in [6.45, 7) is 4.30. The minimum atomic E-state index is 0.282. The molecule has 18 heavy (non-hydrogen) atoms. The molecule has 1 fully saturated rings. The molecule has 0 aliphatic carbocycles. The van der Waals surface area contributed by atoms with Crippen LogP contribution in [0.2, 0.25) is 0 Å². The Morgan fingerprint density at radius 2 is 2.06 bits per heavy atom. The zero-order valence-corrected chi connectivity index (χ0v) is 11.0. The normalized spacial score (nSPS) is 18.3. The van der Waals surface area contributed by atoms with Crippen molar-refractivity contribution in [2.75, 3.05) is 20.1 Å². The molecule has 2 aromatic rings. The van der Waals surface area contributed by atoms with Crippen LogP contribution in [0, 0.1) is 6.92 Å². The first-order valence-corrected chi connectivity index (χ1v) is 6.53. The maximum atomic E-state index is 5.99. The first-order valence-electron chi connectivity index (χ1n) is 6.53. The highest BCUT2D eigenvalue weighted by Gasteiger charge is 2.19. The summed E-state index contributed by atoms with van der Waals surface area (Å²) in [5.41, 5.74) is 2.31. The van der Waals surface area contributed by atoms with E-state index in [1.807, 2.05) is 12.3 Å². The third-order valence-electron chi connectivity index (χ3n) is 3.71. The van der Waals surface area contributed by atoms with Gasteiger partial charge in [0.15, 0.2) is 0 Å². The lowest BCUT2D eigenvalue weighted by Gasteiger charge is -2.28. The topological polar surface area (TPSA) is 30.3 Å². The highest BCUT2D eigenvalue weighted by Crippen LogP contribution is 2.18. The van der Waals surface area contributed by atoms with Crippen LogP contribution in [0.5, 0.6) is 0 Å². The van der Waals surface area contributed by atoms with Crippen LogP contribution in [0.1, 0.15) is 18.4 Å². The summed E-state index contributed by atoms with van der Waals surface area (Å²) < 4.78 is 0. The molecule has 3 rings (SSSR count). The number of likely N-dealkylation sites (tertiary alicyclic amines) is 1. The van der Waals surface area contributed by atoms with Gasteiger partial charge < -0.3 is 9.74 Å². The molecular weight excluding hydrogens is 226 g/mol. The maximum Gasteiger partial charge on any atom is 0.130 e. The number of nitrogens with zero attached hydrogens (tertiary/aromatic N) is 3. The molecule has 96 valence electrons. The minimum absolute atomic E-state index is 0.282. The fourth-order valence-corrected chi connectivity index (χ4v) is 2.49. The smallest absolute Gasteiger partial charge is 0.130 e. The van der Waals surface area contributed by atoms with Gasteiger partial charge in [-0.1, -0.05) is 17.0 Å². The largest absolute Gasteiger partial charge is 0.393 e. The monoisotopic (exact) mass is 245 g/mol. The van der Waals surface area contributed by atoms with Crippen molar-refractivity contribution >= 4 is 10.9 Å². The van der Waals surface area contributed by atoms with Gasteiger partial charge in [0.2, 0.25) is 0 Å². The number of aryl methyl sites for hydroxylation is 1. The van der Waals surface area contributed by atoms with Crippen molar-refractivity contribution in [2.45, 2.75) is 25.9 Å². The van der Waals surface area contributed by atoms with Crippen LogP contribution in [-0.4, -0.2) is 41.1 Å². The summed E-state index contributed by atoms with van der Waals surface area (Å²) in [5, 5.41) is 5.52. The number of hydrogen-bond acceptors (Lipinski definition) is 3. The van der Waals surface area contributed by atoms with Crippen molar-refractivity contribution in [3.63, 3.8) is 0 Å². The van der Waals surface area contributed by atoms with Gasteiger partial charge in [-0.2, -0.15) is 0 Å². The average Bonchev–Trinajstić information content (AvgIpc) is 2.77. The van der Waals surface area contributed by atoms with E-state index >= 15 is 0 Å². The number of aromatic nitrogens is 2. The summed E-state index contributed by atoms with van der Waals surface area (Å²) in [6, 6.07) is 6.21. The van der Waals surface area contributed by atoms with Crippen LogP contribution in [-0.2, 0) is 0 Å². The lowest BCUT2D eigenvalue weighted by atomic mass is 10.1. The van der Waals surface area contributed by atoms with Gasteiger partial charge in [0.1, 0.15) is 11.6 Å². The Labute approximate surface area is 107 Å². The third kappa shape index (κ3) is 2.08. The molecule has 4 heteroatoms. The third-order valence-corrected chi connectivity index (χ3v) is 3.71. The highest BCUT2D eigenvalue weighted by atomic mass is 16.7. The Morgan fingerprint density at radius 1 is 1.28 bits per heavy atom. The van der Waals surface area contributed by atoms with Crippen LogP contribution in [0.3, 0.4) is 0 Å². The molecule has 0 bridgehead atoms. The molecule has 0 saturated carbocycles. The minimum Gasteiger partial charge on any atom is -0.393 e. The second-order valence-electron chi connectivity index (χ2n) is 5.13. The summed E-state index contributed by atoms with van der Waals surface area (Å²) in [7, 11) is 2.16. The summed E-state index contributed by atoms with van der Waals surface area (Å²) in [5.74, 6) is 0. The van der Waals surface area contributed by atoms with Gasteiger partial charge in [0.05, 0.1) is 6.20 Å². The SMILES string of the molecule is Cc1cccc2c1cnn2OC1CCN(C)CC1. The van der Waals surface area contributed by atoms with Gasteiger partial charge in [0, 0.05) is 18.5 Å². The lowest BCUT2D eigenvalue weighted by Crippen LogP contribution is -2.38. The Morgan fingerprint density at radius 3 is 2.83 bits per heavy atom. The number of fused-ring (bicyclic) bond motifs is 1. The fourth-order valence-electron chi connectivity index (χ4n) is 2.49. The first-order chi connectivity index (χ1) is 8.74. The van der Waals surface area contributed by atoms with Gasteiger partial charge in [-0.15, -0.1) is 5.10 Å². The molecule has 0 radical (unpaired) electrons. The van der Waals surface area contributed by atoms with Crippen molar-refractivity contribution in [1.82, 2.24) is 14.8 Å². The van der Waals surface area contributed by atoms with Gasteiger partial charge in [-0.3, -0.25) is 0 Å². The van der Waals surface area contributed by atoms with Gasteiger partial charge >= 0.3 is 0 Å². The molecule has 1 aliphatic heterocycles. The van der Waals surface area contributed by atoms with Crippen molar-refractivity contribution in [3.05, 3.63) is 30.0 Å². The maximum absolute atomic E-state index is 5.99. The van der Waals surface area contributed by atoms with Crippen LogP contribution < -0.4 is 4.84 Å². The van der Waals surface area contributed by atoms with E-state index in [4.69, 9.17) is 4.84 Å². The van der Waals surface area contributed by atoms with E-state index in [0.717, 1.165) is 31.4 Å². The standard InChI is InChI=1S/C14H19N3O/c1-11-4-3-5-14-13(11)10-15-17(14)18-12-6-8-16(2)9-7-12/h3-5,10,12H,6-9H2,1-2H3. The number of hydrogen-bond donors (Lipinski definition) is 0. The Kier molecular flexibility index (Phi) is 2.96. The molecule has 1 aromatic heterocycles. The lowest BCUT2D eigenvalue weighted by molar-refractivity contribution is -0.00972. The number of piperidine rings is 1. The molecule has 1 saturated heterocycles. The van der Waals surface area contributed by atoms with Crippen molar-refractivity contribution in [2.24, 2.45) is 0 Å². The zero-order valence-electron chi connectivity index (χ0n) is 11.0. The number of benzene rings is 1. The Hall–Kier alpha value is -1.55. The van der Waals surface area contributed by atoms with Crippen molar-refractivity contribution in [3.8, 4) is 0 Å². The second-order valence-corrected chi connectivity index (χ2v) is 5.13. The summed E-state index contributed by atoms with van der Waals surface area (Å²) in [4.78, 5) is 10.0. The molecule has 1 aromatic carbocycles. The van der Waals surface area contributed by atoms with E-state index < -0.39 is 0 Å². The molecule has 4 nitrogen and oxygen atoms in total. The van der Waals surface area contributed by atoms with Crippen molar-refractivity contribution < 1.29 is 4.84 Å². The van der Waals surface area contributed by atoms with E-state index in [0.29, 0.717) is 0 Å². The van der Waals surface area contributed by atoms with Gasteiger partial charge in [-0.25, -0.2) is 0 Å². The fraction of sp³-hybridized carbons (Fsp3) is 0.500. The molecule has 0 unspecified atom stereocenters. The molecule has 0 N–H and O–H groups in total. The van der Waals surface area contributed by atoms with Gasteiger partial charge in [-0.05, 0) is 38.4 Å². The van der Waals surface area contributed by atoms with Crippen LogP contribution in [0.25, 0.3) is 10.9 Å². The Bertz CT molecular complexity index is 541.